The van der Waals surface area contributed by atoms with Gasteiger partial charge in [-0.2, -0.15) is 0 Å². The number of aliphatic hydroxyl groups excluding tert-OH is 1. The first-order chi connectivity index (χ1) is 5.19. The fourth-order valence-electron chi connectivity index (χ4n) is 2.07. The van der Waals surface area contributed by atoms with Gasteiger partial charge in [0.1, 0.15) is 0 Å². The van der Waals surface area contributed by atoms with Gasteiger partial charge in [0.05, 0.1) is 11.7 Å². The van der Waals surface area contributed by atoms with Crippen molar-refractivity contribution in [3.05, 3.63) is 18.8 Å². The first-order valence-corrected chi connectivity index (χ1v) is 4.06. The smallest absolute Gasteiger partial charge is 0.0628 e. The molecule has 2 bridgehead atoms. The minimum atomic E-state index is -0.347. The third kappa shape index (κ3) is 1.23. The van der Waals surface area contributed by atoms with Crippen LogP contribution in [0.5, 0.6) is 0 Å². The fourth-order valence-corrected chi connectivity index (χ4v) is 2.07. The Kier molecular flexibility index (Phi) is 3.11. The summed E-state index contributed by atoms with van der Waals surface area (Å²) in [6.45, 7) is 7.68. The molecule has 2 fully saturated rings. The number of fused-ring (bicyclic) bond motifs is 2. The summed E-state index contributed by atoms with van der Waals surface area (Å²) in [5.74, 6) is 0.0925. The van der Waals surface area contributed by atoms with Crippen molar-refractivity contribution >= 4 is 0 Å². The molecule has 1 aliphatic carbocycles. The second kappa shape index (κ2) is 3.46. The van der Waals surface area contributed by atoms with Gasteiger partial charge < -0.3 is 9.84 Å². The maximum absolute atomic E-state index is 9.73. The van der Waals surface area contributed by atoms with E-state index < -0.39 is 0 Å². The minimum absolute atomic E-state index is 0. The van der Waals surface area contributed by atoms with E-state index in [9.17, 15) is 5.11 Å². The van der Waals surface area contributed by atoms with Crippen LogP contribution >= 0.6 is 0 Å². The van der Waals surface area contributed by atoms with Crippen LogP contribution in [0.1, 0.15) is 19.8 Å². The second-order valence-corrected chi connectivity index (χ2v) is 3.48. The molecule has 3 atom stereocenters. The predicted octanol–water partition coefficient (Wildman–Crippen LogP) is 1.26. The van der Waals surface area contributed by atoms with Crippen LogP contribution in [-0.2, 0) is 4.74 Å². The summed E-state index contributed by atoms with van der Waals surface area (Å²) in [6.07, 6.45) is 1.34. The van der Waals surface area contributed by atoms with Gasteiger partial charge >= 0.3 is 0 Å². The van der Waals surface area contributed by atoms with Crippen LogP contribution in [0.4, 0.5) is 0 Å². The van der Waals surface area contributed by atoms with Crippen LogP contribution in [0.15, 0.2) is 12.2 Å². The molecule has 0 spiro atoms. The molecule has 2 aliphatic rings. The maximum Gasteiger partial charge on any atom is 0.0628 e. The van der Waals surface area contributed by atoms with Gasteiger partial charge in [0.2, 0.25) is 0 Å². The predicted molar refractivity (Wildman–Crippen MR) is 41.7 cm³/mol. The van der Waals surface area contributed by atoms with Crippen molar-refractivity contribution in [1.82, 2.24) is 0 Å². The zero-order chi connectivity index (χ0) is 8.06. The Morgan fingerprint density at radius 1 is 1.83 bits per heavy atom. The Morgan fingerprint density at radius 2 is 2.50 bits per heavy atom. The zero-order valence-electron chi connectivity index (χ0n) is 7.21. The molecule has 1 heterocycles. The molecule has 1 aliphatic heterocycles. The van der Waals surface area contributed by atoms with Gasteiger partial charge in [-0.25, -0.2) is 6.61 Å². The van der Waals surface area contributed by atoms with Crippen molar-refractivity contribution in [2.45, 2.75) is 31.5 Å². The first-order valence-electron chi connectivity index (χ1n) is 4.06. The van der Waals surface area contributed by atoms with Crippen LogP contribution < -0.4 is 0 Å². The van der Waals surface area contributed by atoms with E-state index in [4.69, 9.17) is 4.74 Å². The largest absolute Gasteiger partial charge is 0.545 e. The molecule has 2 rings (SSSR count). The van der Waals surface area contributed by atoms with E-state index in [0.29, 0.717) is 0 Å². The number of aliphatic hydroxyl groups is 1. The van der Waals surface area contributed by atoms with E-state index in [1.165, 1.54) is 0 Å². The molecular weight excluding hydrogens is 378 g/mol. The molecule has 0 amide bonds. The Labute approximate surface area is 96.7 Å². The Morgan fingerprint density at radius 3 is 2.75 bits per heavy atom. The van der Waals surface area contributed by atoms with Crippen LogP contribution in [-0.4, -0.2) is 16.8 Å². The number of ether oxygens (including phenoxy) is 1. The van der Waals surface area contributed by atoms with Gasteiger partial charge in [0.25, 0.3) is 0 Å². The quantitative estimate of drug-likeness (QED) is 0.539. The Balaban J connectivity index is 0.000000720. The maximum atomic E-state index is 9.73. The standard InChI is InChI=1S/C9H13O2.U/c1-3-9-4-6(2)7(5-11-9)8(9)10;/h5,7-8,10H,2-4H2,1H3;/q-1;/t7-,8+,9+;/m1./s1. The third-order valence-corrected chi connectivity index (χ3v) is 2.92. The molecular formula is C9H13O2U-. The van der Waals surface area contributed by atoms with Gasteiger partial charge in [-0.3, -0.25) is 0 Å². The molecule has 0 aromatic carbocycles. The van der Waals surface area contributed by atoms with E-state index in [2.05, 4.69) is 6.58 Å². The molecule has 3 heteroatoms. The Bertz CT molecular complexity index is 205. The second-order valence-electron chi connectivity index (χ2n) is 3.48. The molecule has 12 heavy (non-hydrogen) atoms. The molecule has 0 radical (unpaired) electrons. The molecule has 0 aromatic rings. The van der Waals surface area contributed by atoms with Crippen molar-refractivity contribution < 1.29 is 41.0 Å². The minimum Gasteiger partial charge on any atom is -0.545 e. The number of rotatable bonds is 1. The van der Waals surface area contributed by atoms with Gasteiger partial charge in [-0.15, -0.1) is 6.58 Å². The fraction of sp³-hybridized carbons (Fsp3) is 0.667. The molecule has 0 aromatic heterocycles. The SMILES string of the molecule is C=C1C[C@]2(CC)O[CH-][C@H]1[C@@H]2O.[U]. The molecule has 66 valence electrons. The topological polar surface area (TPSA) is 29.5 Å². The summed E-state index contributed by atoms with van der Waals surface area (Å²) in [5, 5.41) is 9.73. The summed E-state index contributed by atoms with van der Waals surface area (Å²) in [6, 6.07) is 0. The number of hydrogen-bond acceptors (Lipinski definition) is 2. The van der Waals surface area contributed by atoms with Crippen molar-refractivity contribution in [3.8, 4) is 0 Å². The van der Waals surface area contributed by atoms with Crippen molar-refractivity contribution in [3.63, 3.8) is 0 Å². The molecule has 1 N–H and O–H groups in total. The summed E-state index contributed by atoms with van der Waals surface area (Å²) in [4.78, 5) is 0. The van der Waals surface area contributed by atoms with Crippen LogP contribution in [0.25, 0.3) is 0 Å². The normalized spacial score (nSPS) is 44.7. The van der Waals surface area contributed by atoms with Gasteiger partial charge in [-0.05, 0) is 12.8 Å². The van der Waals surface area contributed by atoms with Crippen LogP contribution in [0.3, 0.4) is 0 Å². The summed E-state index contributed by atoms with van der Waals surface area (Å²) < 4.78 is 5.44. The monoisotopic (exact) mass is 391 g/mol. The van der Waals surface area contributed by atoms with E-state index in [-0.39, 0.29) is 48.7 Å². The Hall–Kier alpha value is 0.712. The molecule has 1 saturated heterocycles. The van der Waals surface area contributed by atoms with Gasteiger partial charge in [-0.1, -0.05) is 18.4 Å². The zero-order valence-corrected chi connectivity index (χ0v) is 11.4. The van der Waals surface area contributed by atoms with Crippen molar-refractivity contribution in [2.24, 2.45) is 5.92 Å². The molecule has 2 nitrogen and oxygen atoms in total. The average molecular weight is 391 g/mol. The summed E-state index contributed by atoms with van der Waals surface area (Å²) in [5.41, 5.74) is 0.799. The molecule has 1 saturated carbocycles. The molecule has 0 unspecified atom stereocenters. The number of hydrogen-bond donors (Lipinski definition) is 1. The first kappa shape index (κ1) is 10.8. The van der Waals surface area contributed by atoms with E-state index in [0.717, 1.165) is 18.4 Å². The van der Waals surface area contributed by atoms with Gasteiger partial charge in [0, 0.05) is 31.1 Å². The van der Waals surface area contributed by atoms with Crippen molar-refractivity contribution in [2.75, 3.05) is 0 Å². The van der Waals surface area contributed by atoms with Crippen LogP contribution in [0, 0.1) is 43.6 Å². The third-order valence-electron chi connectivity index (χ3n) is 2.92. The van der Waals surface area contributed by atoms with Gasteiger partial charge in [0.15, 0.2) is 0 Å². The summed E-state index contributed by atoms with van der Waals surface area (Å²) >= 11 is 0. The average Bonchev–Trinajstić information content (AvgIpc) is 2.42. The van der Waals surface area contributed by atoms with E-state index in [1.807, 2.05) is 6.92 Å². The van der Waals surface area contributed by atoms with Crippen molar-refractivity contribution in [1.29, 1.82) is 0 Å². The van der Waals surface area contributed by atoms with Crippen LogP contribution in [0.2, 0.25) is 0 Å². The summed E-state index contributed by atoms with van der Waals surface area (Å²) in [7, 11) is 0. The van der Waals surface area contributed by atoms with E-state index >= 15 is 0 Å². The van der Waals surface area contributed by atoms with E-state index in [1.54, 1.807) is 6.61 Å².